The van der Waals surface area contributed by atoms with E-state index in [9.17, 15) is 9.59 Å². The molecular weight excluding hydrogens is 414 g/mol. The van der Waals surface area contributed by atoms with Gasteiger partial charge in [-0.05, 0) is 24.8 Å². The van der Waals surface area contributed by atoms with E-state index in [0.29, 0.717) is 28.7 Å². The average Bonchev–Trinajstić information content (AvgIpc) is 3.14. The Morgan fingerprint density at radius 1 is 1.23 bits per heavy atom. The Hall–Kier alpha value is -1.73. The molecule has 1 fully saturated rings. The fourth-order valence-electron chi connectivity index (χ4n) is 4.17. The maximum Gasteiger partial charge on any atom is 0.268 e. The number of carbonyl (C=O) groups is 1. The molecule has 1 aliphatic carbocycles. The molecule has 7 heteroatoms. The first kappa shape index (κ1) is 21.5. The topological polar surface area (TPSA) is 64.0 Å². The highest BCUT2D eigenvalue weighted by Gasteiger charge is 2.26. The molecule has 5 nitrogen and oxygen atoms in total. The molecule has 1 atom stereocenters. The van der Waals surface area contributed by atoms with Gasteiger partial charge < -0.3 is 5.32 Å². The highest BCUT2D eigenvalue weighted by atomic mass is 32.2. The van der Waals surface area contributed by atoms with Crippen LogP contribution in [0.15, 0.2) is 45.2 Å². The van der Waals surface area contributed by atoms with Crippen molar-refractivity contribution in [2.45, 2.75) is 79.8 Å². The number of aromatic nitrogens is 2. The molecule has 2 aliphatic rings. The lowest BCUT2D eigenvalue weighted by Crippen LogP contribution is -2.37. The summed E-state index contributed by atoms with van der Waals surface area (Å²) < 4.78 is 1.77. The predicted molar refractivity (Wildman–Crippen MR) is 123 cm³/mol. The van der Waals surface area contributed by atoms with Crippen LogP contribution >= 0.6 is 23.5 Å². The summed E-state index contributed by atoms with van der Waals surface area (Å²) in [5.41, 5.74) is 2.13. The van der Waals surface area contributed by atoms with Gasteiger partial charge in [0.1, 0.15) is 0 Å². The van der Waals surface area contributed by atoms with Crippen LogP contribution in [0, 0.1) is 0 Å². The van der Waals surface area contributed by atoms with Crippen LogP contribution in [0.5, 0.6) is 0 Å². The molecule has 0 bridgehead atoms. The van der Waals surface area contributed by atoms with Crippen molar-refractivity contribution in [1.82, 2.24) is 14.9 Å². The standard InChI is InChI=1S/C23H29N3O2S2/c1-16-14-19-21(30-16)22(28)26(13-12-17-8-4-2-5-9-17)23(25-19)29-15-20(27)24-18-10-6-3-7-11-18/h2,4-5,8-9,16,18H,3,6-7,10-15H2,1H3,(H,24,27). The minimum atomic E-state index is 0.0407. The molecule has 1 amide bonds. The molecule has 1 saturated carbocycles. The number of aryl methyl sites for hydroxylation is 1. The molecular formula is C23H29N3O2S2. The van der Waals surface area contributed by atoms with Crippen molar-refractivity contribution in [3.05, 3.63) is 51.9 Å². The Morgan fingerprint density at radius 2 is 2.00 bits per heavy atom. The number of rotatable bonds is 7. The van der Waals surface area contributed by atoms with Crippen molar-refractivity contribution in [3.63, 3.8) is 0 Å². The molecule has 1 N–H and O–H groups in total. The summed E-state index contributed by atoms with van der Waals surface area (Å²) >= 11 is 3.02. The normalized spacial score (nSPS) is 18.9. The van der Waals surface area contributed by atoms with Crippen LogP contribution in [-0.2, 0) is 24.2 Å². The van der Waals surface area contributed by atoms with Gasteiger partial charge in [0.25, 0.3) is 5.56 Å². The molecule has 0 spiro atoms. The van der Waals surface area contributed by atoms with E-state index in [1.807, 2.05) is 18.2 Å². The number of nitrogens with zero attached hydrogens (tertiary/aromatic N) is 2. The SMILES string of the molecule is CC1Cc2nc(SCC(=O)NC3CCCCC3)n(CCc3ccccc3)c(=O)c2S1. The van der Waals surface area contributed by atoms with Gasteiger partial charge in [-0.25, -0.2) is 4.98 Å². The summed E-state index contributed by atoms with van der Waals surface area (Å²) in [7, 11) is 0. The lowest BCUT2D eigenvalue weighted by molar-refractivity contribution is -0.119. The first-order chi connectivity index (χ1) is 14.6. The fourth-order valence-corrected chi connectivity index (χ4v) is 6.14. The maximum atomic E-state index is 13.2. The first-order valence-electron chi connectivity index (χ1n) is 10.9. The van der Waals surface area contributed by atoms with E-state index in [-0.39, 0.29) is 11.5 Å². The average molecular weight is 444 g/mol. The Bertz CT molecular complexity index is 939. The predicted octanol–water partition coefficient (Wildman–Crippen LogP) is 4.06. The van der Waals surface area contributed by atoms with Crippen molar-refractivity contribution < 1.29 is 4.79 Å². The number of nitrogens with one attached hydrogen (secondary N) is 1. The van der Waals surface area contributed by atoms with Gasteiger partial charge in [-0.15, -0.1) is 11.8 Å². The van der Waals surface area contributed by atoms with Gasteiger partial charge in [-0.1, -0.05) is 68.3 Å². The number of amides is 1. The van der Waals surface area contributed by atoms with Crippen LogP contribution in [0.25, 0.3) is 0 Å². The molecule has 0 saturated heterocycles. The third-order valence-corrected chi connectivity index (χ3v) is 7.92. The van der Waals surface area contributed by atoms with E-state index in [0.717, 1.165) is 36.3 Å². The van der Waals surface area contributed by atoms with Crippen LogP contribution in [-0.4, -0.2) is 32.5 Å². The van der Waals surface area contributed by atoms with Crippen LogP contribution in [0.3, 0.4) is 0 Å². The van der Waals surface area contributed by atoms with Gasteiger partial charge in [-0.2, -0.15) is 0 Å². The number of hydrogen-bond acceptors (Lipinski definition) is 5. The fraction of sp³-hybridized carbons (Fsp3) is 0.522. The highest BCUT2D eigenvalue weighted by Crippen LogP contribution is 2.34. The van der Waals surface area contributed by atoms with Gasteiger partial charge in [0.15, 0.2) is 5.16 Å². The van der Waals surface area contributed by atoms with E-state index >= 15 is 0 Å². The molecule has 2 aromatic rings. The zero-order valence-electron chi connectivity index (χ0n) is 17.4. The van der Waals surface area contributed by atoms with E-state index in [1.165, 1.54) is 36.6 Å². The molecule has 1 aliphatic heterocycles. The summed E-state index contributed by atoms with van der Waals surface area (Å²) in [5.74, 6) is 0.342. The Kier molecular flexibility index (Phi) is 7.20. The minimum Gasteiger partial charge on any atom is -0.353 e. The highest BCUT2D eigenvalue weighted by molar-refractivity contribution is 8.00. The quantitative estimate of drug-likeness (QED) is 0.516. The molecule has 1 unspecified atom stereocenters. The molecule has 2 heterocycles. The van der Waals surface area contributed by atoms with E-state index in [1.54, 1.807) is 16.3 Å². The lowest BCUT2D eigenvalue weighted by atomic mass is 9.95. The maximum absolute atomic E-state index is 13.2. The molecule has 160 valence electrons. The summed E-state index contributed by atoms with van der Waals surface area (Å²) in [4.78, 5) is 31.3. The van der Waals surface area contributed by atoms with Gasteiger partial charge in [0, 0.05) is 24.3 Å². The largest absolute Gasteiger partial charge is 0.353 e. The van der Waals surface area contributed by atoms with Crippen LogP contribution in [0.4, 0.5) is 0 Å². The van der Waals surface area contributed by atoms with Crippen molar-refractivity contribution in [3.8, 4) is 0 Å². The van der Waals surface area contributed by atoms with Crippen molar-refractivity contribution in [1.29, 1.82) is 0 Å². The van der Waals surface area contributed by atoms with Gasteiger partial charge in [0.05, 0.1) is 16.3 Å². The van der Waals surface area contributed by atoms with Crippen molar-refractivity contribution >= 4 is 29.4 Å². The third-order valence-electron chi connectivity index (χ3n) is 5.73. The second kappa shape index (κ2) is 10.1. The second-order valence-electron chi connectivity index (χ2n) is 8.19. The molecule has 0 radical (unpaired) electrons. The number of carbonyl (C=O) groups excluding carboxylic acids is 1. The van der Waals surface area contributed by atoms with Crippen LogP contribution < -0.4 is 10.9 Å². The molecule has 30 heavy (non-hydrogen) atoms. The van der Waals surface area contributed by atoms with Crippen molar-refractivity contribution in [2.75, 3.05) is 5.75 Å². The Labute approximate surface area is 186 Å². The molecule has 4 rings (SSSR count). The number of hydrogen-bond donors (Lipinski definition) is 1. The lowest BCUT2D eigenvalue weighted by Gasteiger charge is -2.22. The minimum absolute atomic E-state index is 0.0407. The van der Waals surface area contributed by atoms with Gasteiger partial charge >= 0.3 is 0 Å². The van der Waals surface area contributed by atoms with Crippen molar-refractivity contribution in [2.24, 2.45) is 0 Å². The van der Waals surface area contributed by atoms with Crippen LogP contribution in [0.1, 0.15) is 50.3 Å². The summed E-state index contributed by atoms with van der Waals surface area (Å²) in [5, 5.41) is 4.20. The number of fused-ring (bicyclic) bond motifs is 1. The summed E-state index contributed by atoms with van der Waals surface area (Å²) in [6, 6.07) is 10.5. The van der Waals surface area contributed by atoms with Gasteiger partial charge in [0.2, 0.25) is 5.91 Å². The van der Waals surface area contributed by atoms with Gasteiger partial charge in [-0.3, -0.25) is 14.2 Å². The van der Waals surface area contributed by atoms with E-state index in [2.05, 4.69) is 24.4 Å². The Morgan fingerprint density at radius 3 is 2.77 bits per heavy atom. The summed E-state index contributed by atoms with van der Waals surface area (Å²) in [6.07, 6.45) is 7.39. The second-order valence-corrected chi connectivity index (χ2v) is 10.6. The molecule has 1 aromatic heterocycles. The number of thioether (sulfide) groups is 2. The van der Waals surface area contributed by atoms with Crippen LogP contribution in [0.2, 0.25) is 0 Å². The number of benzene rings is 1. The zero-order valence-corrected chi connectivity index (χ0v) is 19.1. The monoisotopic (exact) mass is 443 g/mol. The zero-order chi connectivity index (χ0) is 20.9. The van der Waals surface area contributed by atoms with E-state index < -0.39 is 0 Å². The first-order valence-corrected chi connectivity index (χ1v) is 12.7. The summed E-state index contributed by atoms with van der Waals surface area (Å²) in [6.45, 7) is 2.70. The van der Waals surface area contributed by atoms with E-state index in [4.69, 9.17) is 4.98 Å². The third kappa shape index (κ3) is 5.30. The molecule has 1 aromatic carbocycles. The smallest absolute Gasteiger partial charge is 0.268 e. The Balaban J connectivity index is 1.48.